The molecule has 0 bridgehead atoms. The number of urea groups is 1. The van der Waals surface area contributed by atoms with Gasteiger partial charge in [-0.15, -0.1) is 0 Å². The van der Waals surface area contributed by atoms with Crippen LogP contribution in [0, 0.1) is 13.8 Å². The highest BCUT2D eigenvalue weighted by molar-refractivity contribution is 7.91. The third-order valence-corrected chi connectivity index (χ3v) is 7.26. The molecule has 2 aromatic rings. The van der Waals surface area contributed by atoms with Crippen LogP contribution in [0.3, 0.4) is 0 Å². The molecular formula is C19H19ClN2O3S. The highest BCUT2D eigenvalue weighted by Crippen LogP contribution is 2.39. The first-order valence-electron chi connectivity index (χ1n) is 8.43. The topological polar surface area (TPSA) is 57.7 Å². The second-order valence-corrected chi connectivity index (χ2v) is 9.52. The summed E-state index contributed by atoms with van der Waals surface area (Å²) in [5.41, 5.74) is 3.50. The number of carbonyl (C=O) groups excluding carboxylic acids is 1. The van der Waals surface area contributed by atoms with Crippen LogP contribution in [0.5, 0.6) is 0 Å². The molecule has 2 aliphatic rings. The van der Waals surface area contributed by atoms with Crippen molar-refractivity contribution in [3.8, 4) is 0 Å². The molecule has 2 saturated heterocycles. The minimum atomic E-state index is -3.20. The first-order chi connectivity index (χ1) is 12.3. The average molecular weight is 391 g/mol. The summed E-state index contributed by atoms with van der Waals surface area (Å²) in [4.78, 5) is 16.6. The van der Waals surface area contributed by atoms with Crippen molar-refractivity contribution in [1.82, 2.24) is 0 Å². The van der Waals surface area contributed by atoms with E-state index >= 15 is 0 Å². The first-order valence-corrected chi connectivity index (χ1v) is 10.6. The number of fused-ring (bicyclic) bond motifs is 1. The van der Waals surface area contributed by atoms with Crippen molar-refractivity contribution >= 4 is 38.8 Å². The minimum absolute atomic E-state index is 0.0130. The van der Waals surface area contributed by atoms with Crippen molar-refractivity contribution in [3.05, 3.63) is 58.6 Å². The molecule has 2 atom stereocenters. The summed E-state index contributed by atoms with van der Waals surface area (Å²) in [6.07, 6.45) is 0. The number of rotatable bonds is 2. The molecule has 26 heavy (non-hydrogen) atoms. The van der Waals surface area contributed by atoms with Crippen molar-refractivity contribution in [2.24, 2.45) is 0 Å². The SMILES string of the molecule is Cc1cccc(N2C(=O)N(c3ccc(Cl)cc3)[C@H]3CS(=O)(=O)C[C@@H]32)c1C. The van der Waals surface area contributed by atoms with Gasteiger partial charge in [-0.1, -0.05) is 23.7 Å². The maximum atomic E-state index is 13.3. The zero-order chi connectivity index (χ0) is 18.6. The van der Waals surface area contributed by atoms with E-state index in [0.29, 0.717) is 10.7 Å². The van der Waals surface area contributed by atoms with Crippen LogP contribution >= 0.6 is 11.6 Å². The van der Waals surface area contributed by atoms with Gasteiger partial charge in [-0.05, 0) is 55.3 Å². The van der Waals surface area contributed by atoms with Gasteiger partial charge in [0.1, 0.15) is 0 Å². The normalized spacial score (nSPS) is 24.2. The number of anilines is 2. The number of hydrogen-bond donors (Lipinski definition) is 0. The smallest absolute Gasteiger partial charge is 0.288 e. The first kappa shape index (κ1) is 17.4. The van der Waals surface area contributed by atoms with Crippen molar-refractivity contribution in [2.75, 3.05) is 21.3 Å². The Morgan fingerprint density at radius 2 is 1.58 bits per heavy atom. The lowest BCUT2D eigenvalue weighted by atomic mass is 10.1. The van der Waals surface area contributed by atoms with Crippen LogP contribution in [0.4, 0.5) is 16.2 Å². The number of nitrogens with zero attached hydrogens (tertiary/aromatic N) is 2. The lowest BCUT2D eigenvalue weighted by Crippen LogP contribution is -2.38. The quantitative estimate of drug-likeness (QED) is 0.736. The Balaban J connectivity index is 1.84. The van der Waals surface area contributed by atoms with Gasteiger partial charge in [-0.3, -0.25) is 9.80 Å². The van der Waals surface area contributed by atoms with Crippen LogP contribution in [0.1, 0.15) is 11.1 Å². The van der Waals surface area contributed by atoms with Crippen LogP contribution in [-0.4, -0.2) is 38.0 Å². The second kappa shape index (κ2) is 5.99. The molecule has 2 aliphatic heterocycles. The summed E-state index contributed by atoms with van der Waals surface area (Å²) in [6.45, 7) is 3.95. The van der Waals surface area contributed by atoms with Crippen molar-refractivity contribution in [1.29, 1.82) is 0 Å². The third kappa shape index (κ3) is 2.68. The molecule has 0 aromatic heterocycles. The van der Waals surface area contributed by atoms with E-state index in [1.54, 1.807) is 34.1 Å². The number of amides is 2. The van der Waals surface area contributed by atoms with Crippen LogP contribution in [-0.2, 0) is 9.84 Å². The van der Waals surface area contributed by atoms with Gasteiger partial charge in [0, 0.05) is 16.4 Å². The number of halogens is 1. The fourth-order valence-corrected chi connectivity index (χ4v) is 5.93. The Labute approximate surface area is 158 Å². The van der Waals surface area contributed by atoms with E-state index in [0.717, 1.165) is 16.8 Å². The molecule has 0 radical (unpaired) electrons. The maximum Gasteiger partial charge on any atom is 0.329 e. The molecule has 0 unspecified atom stereocenters. The molecule has 2 fully saturated rings. The fraction of sp³-hybridized carbons (Fsp3) is 0.316. The standard InChI is InChI=1S/C19H19ClN2O3S/c1-12-4-3-5-16(13(12)2)22-18-11-26(24,25)10-17(18)21(19(22)23)15-8-6-14(20)7-9-15/h3-9,17-18H,10-11H2,1-2H3/t17-,18-/m0/s1. The monoisotopic (exact) mass is 390 g/mol. The van der Waals surface area contributed by atoms with Crippen LogP contribution in [0.15, 0.2) is 42.5 Å². The second-order valence-electron chi connectivity index (χ2n) is 6.93. The van der Waals surface area contributed by atoms with Gasteiger partial charge < -0.3 is 0 Å². The summed E-state index contributed by atoms with van der Waals surface area (Å²) < 4.78 is 24.6. The summed E-state index contributed by atoms with van der Waals surface area (Å²) in [6, 6.07) is 11.7. The van der Waals surface area contributed by atoms with Crippen molar-refractivity contribution < 1.29 is 13.2 Å². The summed E-state index contributed by atoms with van der Waals surface area (Å²) in [5.74, 6) is -0.0335. The lowest BCUT2D eigenvalue weighted by molar-refractivity contribution is 0.255. The Bertz CT molecular complexity index is 988. The summed E-state index contributed by atoms with van der Waals surface area (Å²) in [5, 5.41) is 0.572. The number of aryl methyl sites for hydroxylation is 1. The van der Waals surface area contributed by atoms with E-state index in [9.17, 15) is 13.2 Å². The fourth-order valence-electron chi connectivity index (χ4n) is 3.89. The van der Waals surface area contributed by atoms with Gasteiger partial charge in [0.15, 0.2) is 9.84 Å². The Morgan fingerprint density at radius 3 is 2.23 bits per heavy atom. The van der Waals surface area contributed by atoms with Gasteiger partial charge in [-0.2, -0.15) is 0 Å². The molecule has 2 heterocycles. The van der Waals surface area contributed by atoms with E-state index in [1.807, 2.05) is 32.0 Å². The highest BCUT2D eigenvalue weighted by Gasteiger charge is 2.54. The molecular weight excluding hydrogens is 372 g/mol. The Morgan fingerprint density at radius 1 is 0.962 bits per heavy atom. The van der Waals surface area contributed by atoms with Crippen LogP contribution < -0.4 is 9.80 Å². The maximum absolute atomic E-state index is 13.3. The van der Waals surface area contributed by atoms with Crippen molar-refractivity contribution in [2.45, 2.75) is 25.9 Å². The van der Waals surface area contributed by atoms with Crippen LogP contribution in [0.2, 0.25) is 5.02 Å². The average Bonchev–Trinajstić information content (AvgIpc) is 3.01. The predicted octanol–water partition coefficient (Wildman–Crippen LogP) is 3.57. The molecule has 136 valence electrons. The predicted molar refractivity (Wildman–Crippen MR) is 104 cm³/mol. The molecule has 0 aliphatic carbocycles. The van der Waals surface area contributed by atoms with Gasteiger partial charge >= 0.3 is 6.03 Å². The van der Waals surface area contributed by atoms with E-state index < -0.39 is 15.9 Å². The van der Waals surface area contributed by atoms with Gasteiger partial charge in [0.25, 0.3) is 0 Å². The van der Waals surface area contributed by atoms with Gasteiger partial charge in [-0.25, -0.2) is 13.2 Å². The van der Waals surface area contributed by atoms with Gasteiger partial charge in [0.05, 0.1) is 23.6 Å². The zero-order valence-electron chi connectivity index (χ0n) is 14.5. The third-order valence-electron chi connectivity index (χ3n) is 5.31. The Kier molecular flexibility index (Phi) is 4.00. The van der Waals surface area contributed by atoms with Crippen LogP contribution in [0.25, 0.3) is 0 Å². The highest BCUT2D eigenvalue weighted by atomic mass is 35.5. The minimum Gasteiger partial charge on any atom is -0.288 e. The molecule has 5 nitrogen and oxygen atoms in total. The largest absolute Gasteiger partial charge is 0.329 e. The van der Waals surface area contributed by atoms with E-state index in [-0.39, 0.29) is 23.6 Å². The number of hydrogen-bond acceptors (Lipinski definition) is 3. The molecule has 2 aromatic carbocycles. The summed E-state index contributed by atoms with van der Waals surface area (Å²) >= 11 is 5.96. The Hall–Kier alpha value is -2.05. The number of benzene rings is 2. The number of sulfone groups is 1. The lowest BCUT2D eigenvalue weighted by Gasteiger charge is -2.24. The van der Waals surface area contributed by atoms with Crippen molar-refractivity contribution in [3.63, 3.8) is 0 Å². The van der Waals surface area contributed by atoms with E-state index in [2.05, 4.69) is 0 Å². The van der Waals surface area contributed by atoms with E-state index in [4.69, 9.17) is 11.6 Å². The molecule has 7 heteroatoms. The van der Waals surface area contributed by atoms with E-state index in [1.165, 1.54) is 0 Å². The molecule has 0 spiro atoms. The summed E-state index contributed by atoms with van der Waals surface area (Å²) in [7, 11) is -3.20. The van der Waals surface area contributed by atoms with Gasteiger partial charge in [0.2, 0.25) is 0 Å². The zero-order valence-corrected chi connectivity index (χ0v) is 16.1. The molecule has 0 saturated carbocycles. The number of carbonyl (C=O) groups is 1. The molecule has 0 N–H and O–H groups in total. The molecule has 2 amide bonds. The molecule has 4 rings (SSSR count).